The number of rotatable bonds is 5. The second-order valence-electron chi connectivity index (χ2n) is 5.07. The quantitative estimate of drug-likeness (QED) is 0.872. The van der Waals surface area contributed by atoms with Crippen LogP contribution in [0.15, 0.2) is 40.9 Å². The molecule has 0 spiro atoms. The van der Waals surface area contributed by atoms with E-state index in [2.05, 4.69) is 52.5 Å². The smallest absolute Gasteiger partial charge is 0.303 e. The van der Waals surface area contributed by atoms with Crippen LogP contribution < -0.4 is 0 Å². The molecule has 0 saturated carbocycles. The average Bonchev–Trinajstić information content (AvgIpc) is 2.81. The summed E-state index contributed by atoms with van der Waals surface area (Å²) in [5.41, 5.74) is 3.34. The van der Waals surface area contributed by atoms with Gasteiger partial charge in [-0.2, -0.15) is 0 Å². The number of hydrogen-bond acceptors (Lipinski definition) is 1. The van der Waals surface area contributed by atoms with Crippen LogP contribution in [-0.2, 0) is 11.2 Å². The number of nitrogens with zero attached hydrogens (tertiary/aromatic N) is 1. The Bertz CT molecular complexity index is 599. The third-order valence-electron chi connectivity index (χ3n) is 3.25. The standard InChI is InChI=1S/C16H18BrNO2/c1-11(2)18-14(8-10-16(19)20)7-9-15(18)12-3-5-13(17)6-4-12/h3-7,9,11H,8,10H2,1-2H3,(H,19,20). The molecule has 0 saturated heterocycles. The van der Waals surface area contributed by atoms with Crippen LogP contribution in [0.2, 0.25) is 0 Å². The number of benzene rings is 1. The van der Waals surface area contributed by atoms with E-state index in [0.29, 0.717) is 12.5 Å². The molecular weight excluding hydrogens is 318 g/mol. The first-order chi connectivity index (χ1) is 9.49. The number of carboxylic acid groups (broad SMARTS) is 1. The summed E-state index contributed by atoms with van der Waals surface area (Å²) in [5.74, 6) is -0.758. The van der Waals surface area contributed by atoms with Gasteiger partial charge < -0.3 is 9.67 Å². The molecule has 0 bridgehead atoms. The zero-order valence-corrected chi connectivity index (χ0v) is 13.2. The van der Waals surface area contributed by atoms with E-state index in [1.165, 1.54) is 0 Å². The molecule has 2 aromatic rings. The molecule has 0 radical (unpaired) electrons. The van der Waals surface area contributed by atoms with Gasteiger partial charge in [0, 0.05) is 21.9 Å². The van der Waals surface area contributed by atoms with Gasteiger partial charge in [0.15, 0.2) is 0 Å². The summed E-state index contributed by atoms with van der Waals surface area (Å²) < 4.78 is 3.27. The molecule has 0 aliphatic rings. The lowest BCUT2D eigenvalue weighted by molar-refractivity contribution is -0.136. The van der Waals surface area contributed by atoms with Crippen LogP contribution in [0.4, 0.5) is 0 Å². The highest BCUT2D eigenvalue weighted by Gasteiger charge is 2.13. The Labute approximate surface area is 127 Å². The molecule has 2 rings (SSSR count). The lowest BCUT2D eigenvalue weighted by atomic mass is 10.1. The van der Waals surface area contributed by atoms with E-state index in [-0.39, 0.29) is 6.42 Å². The van der Waals surface area contributed by atoms with Gasteiger partial charge in [-0.1, -0.05) is 28.1 Å². The molecule has 0 fully saturated rings. The normalized spacial score (nSPS) is 11.0. The minimum Gasteiger partial charge on any atom is -0.481 e. The fourth-order valence-electron chi connectivity index (χ4n) is 2.40. The number of aryl methyl sites for hydroxylation is 1. The third kappa shape index (κ3) is 3.31. The van der Waals surface area contributed by atoms with E-state index in [4.69, 9.17) is 5.11 Å². The van der Waals surface area contributed by atoms with Gasteiger partial charge in [-0.3, -0.25) is 4.79 Å². The molecule has 0 aliphatic carbocycles. The SMILES string of the molecule is CC(C)n1c(CCC(=O)O)ccc1-c1ccc(Br)cc1. The molecule has 0 atom stereocenters. The third-order valence-corrected chi connectivity index (χ3v) is 3.78. The van der Waals surface area contributed by atoms with Gasteiger partial charge in [-0.05, 0) is 50.1 Å². The molecule has 1 aromatic heterocycles. The Kier molecular flexibility index (Phi) is 4.65. The van der Waals surface area contributed by atoms with E-state index in [1.54, 1.807) is 0 Å². The summed E-state index contributed by atoms with van der Waals surface area (Å²) in [6.07, 6.45) is 0.723. The number of halogens is 1. The van der Waals surface area contributed by atoms with Crippen LogP contribution in [0, 0.1) is 0 Å². The van der Waals surface area contributed by atoms with Crippen LogP contribution in [0.5, 0.6) is 0 Å². The Morgan fingerprint density at radius 3 is 2.40 bits per heavy atom. The van der Waals surface area contributed by atoms with E-state index < -0.39 is 5.97 Å². The first-order valence-corrected chi connectivity index (χ1v) is 7.46. The van der Waals surface area contributed by atoms with E-state index >= 15 is 0 Å². The predicted molar refractivity (Wildman–Crippen MR) is 83.9 cm³/mol. The molecular formula is C16H18BrNO2. The first-order valence-electron chi connectivity index (χ1n) is 6.67. The fourth-order valence-corrected chi connectivity index (χ4v) is 2.66. The zero-order valence-electron chi connectivity index (χ0n) is 11.6. The molecule has 106 valence electrons. The average molecular weight is 336 g/mol. The highest BCUT2D eigenvalue weighted by Crippen LogP contribution is 2.28. The van der Waals surface area contributed by atoms with Crippen molar-refractivity contribution in [3.05, 3.63) is 46.6 Å². The maximum absolute atomic E-state index is 10.8. The number of aliphatic carboxylic acids is 1. The van der Waals surface area contributed by atoms with Crippen molar-refractivity contribution in [1.29, 1.82) is 0 Å². The molecule has 4 heteroatoms. The van der Waals surface area contributed by atoms with Crippen LogP contribution in [0.25, 0.3) is 11.3 Å². The highest BCUT2D eigenvalue weighted by atomic mass is 79.9. The van der Waals surface area contributed by atoms with Crippen LogP contribution >= 0.6 is 15.9 Å². The zero-order chi connectivity index (χ0) is 14.7. The molecule has 1 N–H and O–H groups in total. The molecule has 0 aliphatic heterocycles. The van der Waals surface area contributed by atoms with Crippen molar-refractivity contribution >= 4 is 21.9 Å². The highest BCUT2D eigenvalue weighted by molar-refractivity contribution is 9.10. The number of carboxylic acids is 1. The lowest BCUT2D eigenvalue weighted by Gasteiger charge is -2.17. The maximum atomic E-state index is 10.8. The summed E-state index contributed by atoms with van der Waals surface area (Å²) in [6, 6.07) is 12.6. The molecule has 0 amide bonds. The Balaban J connectivity index is 2.38. The molecule has 1 heterocycles. The van der Waals surface area contributed by atoms with Crippen LogP contribution in [0.1, 0.15) is 32.0 Å². The molecule has 0 unspecified atom stereocenters. The summed E-state index contributed by atoms with van der Waals surface area (Å²) in [5, 5.41) is 8.84. The Morgan fingerprint density at radius 1 is 1.20 bits per heavy atom. The van der Waals surface area contributed by atoms with Crippen molar-refractivity contribution in [3.8, 4) is 11.3 Å². The maximum Gasteiger partial charge on any atom is 0.303 e. The molecule has 1 aromatic carbocycles. The summed E-state index contributed by atoms with van der Waals surface area (Å²) in [6.45, 7) is 4.24. The van der Waals surface area contributed by atoms with E-state index in [9.17, 15) is 4.79 Å². The lowest BCUT2D eigenvalue weighted by Crippen LogP contribution is -2.09. The molecule has 3 nitrogen and oxygen atoms in total. The van der Waals surface area contributed by atoms with Crippen molar-refractivity contribution in [2.75, 3.05) is 0 Å². The minimum absolute atomic E-state index is 0.163. The van der Waals surface area contributed by atoms with E-state index in [1.807, 2.05) is 18.2 Å². The van der Waals surface area contributed by atoms with E-state index in [0.717, 1.165) is 21.4 Å². The number of aromatic nitrogens is 1. The molecule has 20 heavy (non-hydrogen) atoms. The topological polar surface area (TPSA) is 42.2 Å². The van der Waals surface area contributed by atoms with Crippen molar-refractivity contribution in [2.45, 2.75) is 32.7 Å². The van der Waals surface area contributed by atoms with Gasteiger partial charge in [0.1, 0.15) is 0 Å². The number of carbonyl (C=O) groups is 1. The summed E-state index contributed by atoms with van der Waals surface area (Å²) in [4.78, 5) is 10.8. The van der Waals surface area contributed by atoms with Crippen molar-refractivity contribution < 1.29 is 9.90 Å². The fraction of sp³-hybridized carbons (Fsp3) is 0.312. The van der Waals surface area contributed by atoms with Gasteiger partial charge in [0.2, 0.25) is 0 Å². The van der Waals surface area contributed by atoms with Crippen molar-refractivity contribution in [1.82, 2.24) is 4.57 Å². The van der Waals surface area contributed by atoms with Gasteiger partial charge in [-0.25, -0.2) is 0 Å². The monoisotopic (exact) mass is 335 g/mol. The Morgan fingerprint density at radius 2 is 1.85 bits per heavy atom. The van der Waals surface area contributed by atoms with Gasteiger partial charge in [0.25, 0.3) is 0 Å². The van der Waals surface area contributed by atoms with Gasteiger partial charge in [0.05, 0.1) is 6.42 Å². The van der Waals surface area contributed by atoms with Crippen molar-refractivity contribution in [3.63, 3.8) is 0 Å². The van der Waals surface area contributed by atoms with Gasteiger partial charge >= 0.3 is 5.97 Å². The largest absolute Gasteiger partial charge is 0.481 e. The second-order valence-corrected chi connectivity index (χ2v) is 5.99. The number of hydrogen-bond donors (Lipinski definition) is 1. The van der Waals surface area contributed by atoms with Gasteiger partial charge in [-0.15, -0.1) is 0 Å². The minimum atomic E-state index is -0.758. The van der Waals surface area contributed by atoms with Crippen LogP contribution in [-0.4, -0.2) is 15.6 Å². The summed E-state index contributed by atoms with van der Waals surface area (Å²) in [7, 11) is 0. The van der Waals surface area contributed by atoms with Crippen LogP contribution in [0.3, 0.4) is 0 Å². The predicted octanol–water partition coefficient (Wildman–Crippen LogP) is 4.52. The Hall–Kier alpha value is -1.55. The second kappa shape index (κ2) is 6.27. The first kappa shape index (κ1) is 14.9. The summed E-state index contributed by atoms with van der Waals surface area (Å²) >= 11 is 3.44. The van der Waals surface area contributed by atoms with Crippen molar-refractivity contribution in [2.24, 2.45) is 0 Å².